The molecule has 0 unspecified atom stereocenters. The van der Waals surface area contributed by atoms with Crippen molar-refractivity contribution in [2.24, 2.45) is 0 Å². The molecule has 0 saturated carbocycles. The maximum atomic E-state index is 8.17. The van der Waals surface area contributed by atoms with Gasteiger partial charge < -0.3 is 5.11 Å². The average Bonchev–Trinajstić information content (AvgIpc) is 1.69. The lowest BCUT2D eigenvalue weighted by atomic mass is 10.4. The third-order valence-electron chi connectivity index (χ3n) is 0.545. The zero-order valence-corrected chi connectivity index (χ0v) is 4.46. The fourth-order valence-corrected chi connectivity index (χ4v) is 0.251. The summed E-state index contributed by atoms with van der Waals surface area (Å²) in [6.45, 7) is 2.06. The molecule has 0 bridgehead atoms. The molecular weight excluding hydrogens is 88.1 g/mol. The first-order valence-corrected chi connectivity index (χ1v) is 2.30. The van der Waals surface area contributed by atoms with E-state index < -0.39 is 0 Å². The molecule has 0 amide bonds. The highest BCUT2D eigenvalue weighted by molar-refractivity contribution is 5.00. The van der Waals surface area contributed by atoms with Gasteiger partial charge in [-0.3, -0.25) is 0 Å². The first-order chi connectivity index (χ1) is 3.41. The van der Waals surface area contributed by atoms with Crippen LogP contribution in [0.15, 0.2) is 24.3 Å². The summed E-state index contributed by atoms with van der Waals surface area (Å²) >= 11 is 0. The van der Waals surface area contributed by atoms with Crippen molar-refractivity contribution in [1.29, 1.82) is 0 Å². The minimum Gasteiger partial charge on any atom is -0.392 e. The molecule has 0 atom stereocenters. The summed E-state index contributed by atoms with van der Waals surface area (Å²) in [5, 5.41) is 8.17. The Bertz CT molecular complexity index is 72.2. The van der Waals surface area contributed by atoms with Crippen molar-refractivity contribution in [2.75, 3.05) is 6.61 Å². The SMILES string of the molecule is C/C=C\C=C/CO. The number of hydrogen-bond donors (Lipinski definition) is 1. The van der Waals surface area contributed by atoms with Crippen LogP contribution in [0.1, 0.15) is 6.92 Å². The Hall–Kier alpha value is -0.560. The molecule has 0 fully saturated rings. The van der Waals surface area contributed by atoms with Crippen molar-refractivity contribution in [2.45, 2.75) is 6.92 Å². The number of allylic oxidation sites excluding steroid dienone is 3. The van der Waals surface area contributed by atoms with Gasteiger partial charge in [0.15, 0.2) is 0 Å². The summed E-state index contributed by atoms with van der Waals surface area (Å²) in [5.41, 5.74) is 0. The van der Waals surface area contributed by atoms with Gasteiger partial charge in [-0.1, -0.05) is 24.3 Å². The molecule has 40 valence electrons. The van der Waals surface area contributed by atoms with Crippen LogP contribution in [0.25, 0.3) is 0 Å². The van der Waals surface area contributed by atoms with Gasteiger partial charge in [0.05, 0.1) is 6.61 Å². The van der Waals surface area contributed by atoms with E-state index in [1.807, 2.05) is 19.1 Å². The van der Waals surface area contributed by atoms with Crippen molar-refractivity contribution in [3.8, 4) is 0 Å². The highest BCUT2D eigenvalue weighted by atomic mass is 16.2. The molecule has 7 heavy (non-hydrogen) atoms. The molecule has 0 aromatic rings. The van der Waals surface area contributed by atoms with Crippen LogP contribution in [-0.2, 0) is 0 Å². The highest BCUT2D eigenvalue weighted by Gasteiger charge is 1.58. The number of aliphatic hydroxyl groups is 1. The van der Waals surface area contributed by atoms with E-state index in [4.69, 9.17) is 5.11 Å². The minimum atomic E-state index is 0.129. The second-order valence-electron chi connectivity index (χ2n) is 1.14. The smallest absolute Gasteiger partial charge is 0.0615 e. The molecule has 0 saturated heterocycles. The Morgan fingerprint density at radius 2 is 2.14 bits per heavy atom. The zero-order chi connectivity index (χ0) is 5.54. The maximum Gasteiger partial charge on any atom is 0.0615 e. The van der Waals surface area contributed by atoms with Gasteiger partial charge in [0.2, 0.25) is 0 Å². The normalized spacial score (nSPS) is 11.7. The Labute approximate surface area is 44.0 Å². The van der Waals surface area contributed by atoms with Crippen LogP contribution in [0.5, 0.6) is 0 Å². The zero-order valence-electron chi connectivity index (χ0n) is 4.46. The molecule has 0 spiro atoms. The summed E-state index contributed by atoms with van der Waals surface area (Å²) in [7, 11) is 0. The Balaban J connectivity index is 3.09. The van der Waals surface area contributed by atoms with E-state index in [1.165, 1.54) is 0 Å². The standard InChI is InChI=1S/C6H10O/c1-2-3-4-5-6-7/h2-5,7H,6H2,1H3/b3-2-,5-4-. The van der Waals surface area contributed by atoms with Gasteiger partial charge in [-0.15, -0.1) is 0 Å². The van der Waals surface area contributed by atoms with Crippen LogP contribution >= 0.6 is 0 Å². The predicted molar refractivity (Wildman–Crippen MR) is 31.0 cm³/mol. The van der Waals surface area contributed by atoms with E-state index >= 15 is 0 Å². The summed E-state index contributed by atoms with van der Waals surface area (Å²) in [6, 6.07) is 0. The average molecular weight is 98.1 g/mol. The van der Waals surface area contributed by atoms with E-state index in [9.17, 15) is 0 Å². The Kier molecular flexibility index (Phi) is 5.00. The van der Waals surface area contributed by atoms with Crippen LogP contribution in [0, 0.1) is 0 Å². The predicted octanol–water partition coefficient (Wildman–Crippen LogP) is 1.11. The monoisotopic (exact) mass is 98.1 g/mol. The molecular formula is C6H10O. The fraction of sp³-hybridized carbons (Fsp3) is 0.333. The molecule has 0 aliphatic carbocycles. The van der Waals surface area contributed by atoms with Crippen molar-refractivity contribution in [3.63, 3.8) is 0 Å². The molecule has 1 nitrogen and oxygen atoms in total. The molecule has 0 aliphatic heterocycles. The lowest BCUT2D eigenvalue weighted by Gasteiger charge is -1.70. The number of hydrogen-bond acceptors (Lipinski definition) is 1. The van der Waals surface area contributed by atoms with Gasteiger partial charge in [0.25, 0.3) is 0 Å². The first kappa shape index (κ1) is 6.44. The van der Waals surface area contributed by atoms with Gasteiger partial charge in [0.1, 0.15) is 0 Å². The Morgan fingerprint density at radius 3 is 2.57 bits per heavy atom. The minimum absolute atomic E-state index is 0.129. The lowest BCUT2D eigenvalue weighted by Crippen LogP contribution is -1.66. The maximum absolute atomic E-state index is 8.17. The van der Waals surface area contributed by atoms with Crippen LogP contribution in [0.4, 0.5) is 0 Å². The van der Waals surface area contributed by atoms with Gasteiger partial charge in [-0.05, 0) is 6.92 Å². The van der Waals surface area contributed by atoms with Crippen molar-refractivity contribution < 1.29 is 5.11 Å². The lowest BCUT2D eigenvalue weighted by molar-refractivity contribution is 0.343. The van der Waals surface area contributed by atoms with Gasteiger partial charge in [-0.25, -0.2) is 0 Å². The Morgan fingerprint density at radius 1 is 1.43 bits per heavy atom. The van der Waals surface area contributed by atoms with E-state index in [-0.39, 0.29) is 6.61 Å². The topological polar surface area (TPSA) is 20.2 Å². The van der Waals surface area contributed by atoms with Crippen LogP contribution in [0.3, 0.4) is 0 Å². The van der Waals surface area contributed by atoms with Crippen LogP contribution in [0.2, 0.25) is 0 Å². The molecule has 1 N–H and O–H groups in total. The second-order valence-corrected chi connectivity index (χ2v) is 1.14. The quantitative estimate of drug-likeness (QED) is 0.513. The van der Waals surface area contributed by atoms with Crippen LogP contribution < -0.4 is 0 Å². The fourth-order valence-electron chi connectivity index (χ4n) is 0.251. The van der Waals surface area contributed by atoms with Gasteiger partial charge in [0, 0.05) is 0 Å². The summed E-state index contributed by atoms with van der Waals surface area (Å²) < 4.78 is 0. The summed E-state index contributed by atoms with van der Waals surface area (Å²) in [5.74, 6) is 0. The third kappa shape index (κ3) is 5.44. The molecule has 0 rings (SSSR count). The molecule has 0 radical (unpaired) electrons. The van der Waals surface area contributed by atoms with Crippen molar-refractivity contribution in [3.05, 3.63) is 24.3 Å². The van der Waals surface area contributed by atoms with Crippen molar-refractivity contribution in [1.82, 2.24) is 0 Å². The van der Waals surface area contributed by atoms with E-state index in [0.29, 0.717) is 0 Å². The molecule has 0 aliphatic rings. The van der Waals surface area contributed by atoms with Gasteiger partial charge in [-0.2, -0.15) is 0 Å². The van der Waals surface area contributed by atoms with E-state index in [2.05, 4.69) is 0 Å². The second kappa shape index (κ2) is 5.44. The van der Waals surface area contributed by atoms with Crippen molar-refractivity contribution >= 4 is 0 Å². The largest absolute Gasteiger partial charge is 0.392 e. The molecule has 0 aromatic carbocycles. The third-order valence-corrected chi connectivity index (χ3v) is 0.545. The molecule has 1 heteroatoms. The van der Waals surface area contributed by atoms with E-state index in [0.717, 1.165) is 0 Å². The van der Waals surface area contributed by atoms with E-state index in [1.54, 1.807) is 12.2 Å². The summed E-state index contributed by atoms with van der Waals surface area (Å²) in [6.07, 6.45) is 7.27. The molecule has 0 aromatic heterocycles. The summed E-state index contributed by atoms with van der Waals surface area (Å²) in [4.78, 5) is 0. The van der Waals surface area contributed by atoms with Crippen LogP contribution in [-0.4, -0.2) is 11.7 Å². The number of aliphatic hydroxyl groups excluding tert-OH is 1. The molecule has 0 heterocycles. The number of rotatable bonds is 2. The highest BCUT2D eigenvalue weighted by Crippen LogP contribution is 1.72. The first-order valence-electron chi connectivity index (χ1n) is 2.30. The van der Waals surface area contributed by atoms with Gasteiger partial charge >= 0.3 is 0 Å².